The van der Waals surface area contributed by atoms with Crippen LogP contribution in [-0.4, -0.2) is 39.5 Å². The Morgan fingerprint density at radius 3 is 2.58 bits per heavy atom. The Morgan fingerprint density at radius 2 is 2.04 bits per heavy atom. The number of nitrogens with zero attached hydrogens (tertiary/aromatic N) is 2. The summed E-state index contributed by atoms with van der Waals surface area (Å²) in [6.45, 7) is 13.1. The zero-order valence-electron chi connectivity index (χ0n) is 16.1. The maximum absolute atomic E-state index is 13.2. The van der Waals surface area contributed by atoms with E-state index in [4.69, 9.17) is 5.11 Å². The van der Waals surface area contributed by atoms with Gasteiger partial charge in [0.15, 0.2) is 0 Å². The van der Waals surface area contributed by atoms with E-state index in [1.807, 2.05) is 18.4 Å². The van der Waals surface area contributed by atoms with Gasteiger partial charge in [-0.25, -0.2) is 0 Å². The number of fused-ring (bicyclic) bond motifs is 1. The van der Waals surface area contributed by atoms with E-state index >= 15 is 0 Å². The van der Waals surface area contributed by atoms with Crippen molar-refractivity contribution in [2.24, 2.45) is 0 Å². The number of amides is 1. The number of carboxylic acids is 1. The highest BCUT2D eigenvalue weighted by Crippen LogP contribution is 2.30. The number of rotatable bonds is 8. The highest BCUT2D eigenvalue weighted by molar-refractivity contribution is 6.02. The number of hydrogen-bond donors (Lipinski definition) is 1. The highest BCUT2D eigenvalue weighted by Gasteiger charge is 2.24. The van der Waals surface area contributed by atoms with Crippen LogP contribution in [0.4, 0.5) is 0 Å². The molecule has 1 aromatic heterocycles. The quantitative estimate of drug-likeness (QED) is 0.721. The van der Waals surface area contributed by atoms with Gasteiger partial charge < -0.3 is 14.6 Å². The summed E-state index contributed by atoms with van der Waals surface area (Å²) in [6, 6.07) is 6.31. The Kier molecular flexibility index (Phi) is 6.24. The average molecular weight is 356 g/mol. The molecule has 1 N–H and O–H groups in total. The van der Waals surface area contributed by atoms with Gasteiger partial charge in [0.1, 0.15) is 5.69 Å². The zero-order valence-corrected chi connectivity index (χ0v) is 16.1. The summed E-state index contributed by atoms with van der Waals surface area (Å²) >= 11 is 0. The molecule has 0 saturated carbocycles. The Labute approximate surface area is 154 Å². The van der Waals surface area contributed by atoms with E-state index in [9.17, 15) is 9.59 Å². The molecule has 0 atom stereocenters. The first-order chi connectivity index (χ1) is 12.3. The molecule has 5 nitrogen and oxygen atoms in total. The summed E-state index contributed by atoms with van der Waals surface area (Å²) in [4.78, 5) is 25.7. The number of allylic oxidation sites excluding steroid dienone is 1. The van der Waals surface area contributed by atoms with Gasteiger partial charge in [0.05, 0.1) is 6.42 Å². The van der Waals surface area contributed by atoms with Gasteiger partial charge in [-0.15, -0.1) is 6.58 Å². The predicted molar refractivity (Wildman–Crippen MR) is 105 cm³/mol. The number of benzene rings is 1. The fourth-order valence-corrected chi connectivity index (χ4v) is 3.28. The normalized spacial score (nSPS) is 11.1. The van der Waals surface area contributed by atoms with E-state index in [0.717, 1.165) is 16.5 Å². The van der Waals surface area contributed by atoms with E-state index in [-0.39, 0.29) is 18.9 Å². The molecule has 1 heterocycles. The summed E-state index contributed by atoms with van der Waals surface area (Å²) in [5.74, 6) is -0.625. The van der Waals surface area contributed by atoms with Crippen molar-refractivity contribution in [3.63, 3.8) is 0 Å². The predicted octanol–water partition coefficient (Wildman–Crippen LogP) is 4.20. The minimum absolute atomic E-state index is 0.0577. The van der Waals surface area contributed by atoms with E-state index in [1.54, 1.807) is 11.0 Å². The van der Waals surface area contributed by atoms with Crippen LogP contribution in [0.2, 0.25) is 0 Å². The van der Waals surface area contributed by atoms with Crippen LogP contribution in [-0.2, 0) is 11.3 Å². The fourth-order valence-electron chi connectivity index (χ4n) is 3.28. The maximum atomic E-state index is 13.2. The molecule has 26 heavy (non-hydrogen) atoms. The van der Waals surface area contributed by atoms with Gasteiger partial charge in [-0.2, -0.15) is 0 Å². The summed E-state index contributed by atoms with van der Waals surface area (Å²) in [5, 5.41) is 10.0. The van der Waals surface area contributed by atoms with Crippen molar-refractivity contribution in [2.45, 2.75) is 46.6 Å². The number of aryl methyl sites for hydroxylation is 1. The SMILES string of the molecule is C=CCn1c(C(=O)N(CC)CCC(=O)O)c(C)c2cc(C(C)C)ccc21. The number of carbonyl (C=O) groups excluding carboxylic acids is 1. The maximum Gasteiger partial charge on any atom is 0.305 e. The lowest BCUT2D eigenvalue weighted by Gasteiger charge is -2.21. The van der Waals surface area contributed by atoms with Gasteiger partial charge in [0.25, 0.3) is 5.91 Å². The molecule has 0 radical (unpaired) electrons. The van der Waals surface area contributed by atoms with Crippen LogP contribution in [0.5, 0.6) is 0 Å². The lowest BCUT2D eigenvalue weighted by molar-refractivity contribution is -0.137. The van der Waals surface area contributed by atoms with Gasteiger partial charge in [-0.05, 0) is 43.0 Å². The van der Waals surface area contributed by atoms with E-state index in [1.165, 1.54) is 5.56 Å². The van der Waals surface area contributed by atoms with Crippen LogP contribution in [0.3, 0.4) is 0 Å². The fraction of sp³-hybridized carbons (Fsp3) is 0.429. The number of carbonyl (C=O) groups is 2. The Hall–Kier alpha value is -2.56. The summed E-state index contributed by atoms with van der Waals surface area (Å²) in [7, 11) is 0. The average Bonchev–Trinajstić information content (AvgIpc) is 2.87. The molecule has 140 valence electrons. The van der Waals surface area contributed by atoms with Crippen LogP contribution < -0.4 is 0 Å². The van der Waals surface area contributed by atoms with Crippen LogP contribution in [0.25, 0.3) is 10.9 Å². The standard InChI is InChI=1S/C21H28N2O3/c1-6-11-23-18-9-8-16(14(3)4)13-17(18)15(5)20(23)21(26)22(7-2)12-10-19(24)25/h6,8-9,13-14H,1,7,10-12H2,2-5H3,(H,24,25). The lowest BCUT2D eigenvalue weighted by Crippen LogP contribution is -2.34. The number of hydrogen-bond acceptors (Lipinski definition) is 2. The van der Waals surface area contributed by atoms with Crippen molar-refractivity contribution in [3.05, 3.63) is 47.7 Å². The molecule has 0 aliphatic rings. The third-order valence-corrected chi connectivity index (χ3v) is 4.79. The van der Waals surface area contributed by atoms with Crippen LogP contribution in [0.1, 0.15) is 54.7 Å². The summed E-state index contributed by atoms with van der Waals surface area (Å²) in [5.41, 5.74) is 3.79. The van der Waals surface area contributed by atoms with Crippen molar-refractivity contribution >= 4 is 22.8 Å². The molecule has 0 spiro atoms. The number of aromatic nitrogens is 1. The largest absolute Gasteiger partial charge is 0.481 e. The van der Waals surface area contributed by atoms with Gasteiger partial charge >= 0.3 is 5.97 Å². The second-order valence-electron chi connectivity index (χ2n) is 6.83. The van der Waals surface area contributed by atoms with Crippen molar-refractivity contribution in [2.75, 3.05) is 13.1 Å². The minimum Gasteiger partial charge on any atom is -0.481 e. The molecular weight excluding hydrogens is 328 g/mol. The molecule has 2 rings (SSSR count). The van der Waals surface area contributed by atoms with Crippen molar-refractivity contribution < 1.29 is 14.7 Å². The van der Waals surface area contributed by atoms with Gasteiger partial charge in [-0.1, -0.05) is 26.0 Å². The molecule has 1 amide bonds. The number of carboxylic acid groups (broad SMARTS) is 1. The van der Waals surface area contributed by atoms with E-state index in [0.29, 0.717) is 24.7 Å². The number of aliphatic carboxylic acids is 1. The third-order valence-electron chi connectivity index (χ3n) is 4.79. The first-order valence-corrected chi connectivity index (χ1v) is 9.06. The van der Waals surface area contributed by atoms with Gasteiger partial charge in [0, 0.05) is 30.5 Å². The second kappa shape index (κ2) is 8.21. The van der Waals surface area contributed by atoms with Crippen molar-refractivity contribution in [3.8, 4) is 0 Å². The molecule has 0 unspecified atom stereocenters. The second-order valence-corrected chi connectivity index (χ2v) is 6.83. The molecule has 1 aromatic carbocycles. The molecule has 2 aromatic rings. The van der Waals surface area contributed by atoms with Crippen molar-refractivity contribution in [1.29, 1.82) is 0 Å². The molecule has 0 aliphatic carbocycles. The highest BCUT2D eigenvalue weighted by atomic mass is 16.4. The Morgan fingerprint density at radius 1 is 1.35 bits per heavy atom. The first-order valence-electron chi connectivity index (χ1n) is 9.06. The molecule has 5 heteroatoms. The topological polar surface area (TPSA) is 62.5 Å². The minimum atomic E-state index is -0.902. The molecule has 0 aliphatic heterocycles. The van der Waals surface area contributed by atoms with Gasteiger partial charge in [0.2, 0.25) is 0 Å². The zero-order chi connectivity index (χ0) is 19.4. The van der Waals surface area contributed by atoms with E-state index in [2.05, 4.69) is 38.6 Å². The molecule has 0 saturated heterocycles. The van der Waals surface area contributed by atoms with E-state index < -0.39 is 5.97 Å². The van der Waals surface area contributed by atoms with Crippen LogP contribution >= 0.6 is 0 Å². The lowest BCUT2D eigenvalue weighted by atomic mass is 10.0. The third kappa shape index (κ3) is 3.82. The Balaban J connectivity index is 2.58. The van der Waals surface area contributed by atoms with Gasteiger partial charge in [-0.3, -0.25) is 9.59 Å². The first kappa shape index (κ1) is 19.8. The van der Waals surface area contributed by atoms with Crippen LogP contribution in [0, 0.1) is 6.92 Å². The van der Waals surface area contributed by atoms with Crippen molar-refractivity contribution in [1.82, 2.24) is 9.47 Å². The molecule has 0 fully saturated rings. The Bertz CT molecular complexity index is 833. The summed E-state index contributed by atoms with van der Waals surface area (Å²) < 4.78 is 1.98. The molecule has 0 bridgehead atoms. The molecular formula is C21H28N2O3. The summed E-state index contributed by atoms with van der Waals surface area (Å²) in [6.07, 6.45) is 1.72. The smallest absolute Gasteiger partial charge is 0.305 e. The monoisotopic (exact) mass is 356 g/mol. The van der Waals surface area contributed by atoms with Crippen LogP contribution in [0.15, 0.2) is 30.9 Å².